The molecule has 0 aromatic heterocycles. The summed E-state index contributed by atoms with van der Waals surface area (Å²) in [6, 6.07) is 0.796. The monoisotopic (exact) mass is 167 g/mol. The number of rotatable bonds is 2. The fourth-order valence-electron chi connectivity index (χ4n) is 2.32. The molecule has 1 spiro atoms. The summed E-state index contributed by atoms with van der Waals surface area (Å²) in [5.74, 6) is 0.818. The van der Waals surface area contributed by atoms with E-state index in [-0.39, 0.29) is 0 Å². The summed E-state index contributed by atoms with van der Waals surface area (Å²) in [7, 11) is 0. The zero-order chi connectivity index (χ0) is 8.77. The lowest BCUT2D eigenvalue weighted by Crippen LogP contribution is -2.34. The molecule has 0 bridgehead atoms. The summed E-state index contributed by atoms with van der Waals surface area (Å²) in [6.45, 7) is 9.81. The van der Waals surface area contributed by atoms with Crippen molar-refractivity contribution in [1.29, 1.82) is 0 Å². The molecule has 2 fully saturated rings. The van der Waals surface area contributed by atoms with Gasteiger partial charge < -0.3 is 0 Å². The van der Waals surface area contributed by atoms with Crippen LogP contribution in [-0.4, -0.2) is 24.0 Å². The molecule has 0 unspecified atom stereocenters. The second-order valence-electron chi connectivity index (χ2n) is 5.21. The summed E-state index contributed by atoms with van der Waals surface area (Å²) in [4.78, 5) is 2.69. The van der Waals surface area contributed by atoms with Gasteiger partial charge in [-0.15, -0.1) is 0 Å². The molecule has 2 rings (SSSR count). The Hall–Kier alpha value is -0.0400. The summed E-state index contributed by atoms with van der Waals surface area (Å²) >= 11 is 0. The number of nitrogens with zero attached hydrogens (tertiary/aromatic N) is 1. The molecule has 0 aromatic rings. The van der Waals surface area contributed by atoms with Crippen molar-refractivity contribution in [3.63, 3.8) is 0 Å². The van der Waals surface area contributed by atoms with Crippen LogP contribution in [0.1, 0.15) is 40.0 Å². The predicted octanol–water partition coefficient (Wildman–Crippen LogP) is 2.52. The molecule has 1 heterocycles. The Balaban J connectivity index is 1.90. The molecule has 0 N–H and O–H groups in total. The third-order valence-corrected chi connectivity index (χ3v) is 3.97. The third-order valence-electron chi connectivity index (χ3n) is 3.97. The number of hydrogen-bond donors (Lipinski definition) is 0. The Kier molecular flexibility index (Phi) is 1.95. The van der Waals surface area contributed by atoms with Crippen molar-refractivity contribution in [2.24, 2.45) is 11.3 Å². The Bertz CT molecular complexity index is 170. The molecule has 12 heavy (non-hydrogen) atoms. The molecule has 2 aliphatic rings. The Labute approximate surface area is 76.1 Å². The molecule has 1 aliphatic carbocycles. The largest absolute Gasteiger partial charge is 0.300 e. The van der Waals surface area contributed by atoms with Crippen LogP contribution in [-0.2, 0) is 0 Å². The first-order valence-electron chi connectivity index (χ1n) is 5.37. The minimum atomic E-state index is 0.796. The molecule has 1 aliphatic heterocycles. The molecular formula is C11H21N. The lowest BCUT2D eigenvalue weighted by atomic mass is 10.0. The molecule has 1 heteroatoms. The van der Waals surface area contributed by atoms with Gasteiger partial charge in [0.15, 0.2) is 0 Å². The molecule has 0 amide bonds. The van der Waals surface area contributed by atoms with Crippen molar-refractivity contribution < 1.29 is 0 Å². The minimum absolute atomic E-state index is 0.796. The zero-order valence-electron chi connectivity index (χ0n) is 8.64. The van der Waals surface area contributed by atoms with Crippen LogP contribution in [0.2, 0.25) is 0 Å². The van der Waals surface area contributed by atoms with Gasteiger partial charge in [0.2, 0.25) is 0 Å². The van der Waals surface area contributed by atoms with E-state index in [0.717, 1.165) is 17.4 Å². The van der Waals surface area contributed by atoms with E-state index in [4.69, 9.17) is 0 Å². The average Bonchev–Trinajstić information content (AvgIpc) is 2.61. The van der Waals surface area contributed by atoms with Crippen LogP contribution in [0.5, 0.6) is 0 Å². The minimum Gasteiger partial charge on any atom is -0.300 e. The molecular weight excluding hydrogens is 146 g/mol. The maximum Gasteiger partial charge on any atom is 0.00901 e. The summed E-state index contributed by atoms with van der Waals surface area (Å²) < 4.78 is 0. The lowest BCUT2D eigenvalue weighted by molar-refractivity contribution is 0.198. The fourth-order valence-corrected chi connectivity index (χ4v) is 2.32. The van der Waals surface area contributed by atoms with E-state index in [9.17, 15) is 0 Å². The molecule has 1 saturated carbocycles. The van der Waals surface area contributed by atoms with Crippen LogP contribution >= 0.6 is 0 Å². The highest BCUT2D eigenvalue weighted by Crippen LogP contribution is 2.53. The molecule has 1 nitrogen and oxygen atoms in total. The van der Waals surface area contributed by atoms with Crippen LogP contribution in [0, 0.1) is 11.3 Å². The van der Waals surface area contributed by atoms with Crippen LogP contribution in [0.25, 0.3) is 0 Å². The predicted molar refractivity (Wildman–Crippen MR) is 52.2 cm³/mol. The first-order valence-corrected chi connectivity index (χ1v) is 5.37. The van der Waals surface area contributed by atoms with E-state index in [1.165, 1.54) is 32.4 Å². The fraction of sp³-hybridized carbons (Fsp3) is 1.00. The highest BCUT2D eigenvalue weighted by atomic mass is 15.2. The van der Waals surface area contributed by atoms with Crippen molar-refractivity contribution in [3.05, 3.63) is 0 Å². The first kappa shape index (κ1) is 8.55. The van der Waals surface area contributed by atoms with Gasteiger partial charge in [-0.2, -0.15) is 0 Å². The van der Waals surface area contributed by atoms with Gasteiger partial charge in [-0.05, 0) is 44.1 Å². The summed E-state index contributed by atoms with van der Waals surface area (Å²) in [6.07, 6.45) is 4.49. The van der Waals surface area contributed by atoms with Crippen LogP contribution < -0.4 is 0 Å². The molecule has 1 saturated heterocycles. The van der Waals surface area contributed by atoms with Gasteiger partial charge in [0.05, 0.1) is 0 Å². The van der Waals surface area contributed by atoms with Gasteiger partial charge >= 0.3 is 0 Å². The van der Waals surface area contributed by atoms with E-state index in [0.29, 0.717) is 0 Å². The maximum absolute atomic E-state index is 2.69. The van der Waals surface area contributed by atoms with Gasteiger partial charge in [-0.25, -0.2) is 0 Å². The molecule has 0 radical (unpaired) electrons. The Morgan fingerprint density at radius 2 is 1.75 bits per heavy atom. The second-order valence-corrected chi connectivity index (χ2v) is 5.21. The zero-order valence-corrected chi connectivity index (χ0v) is 8.64. The van der Waals surface area contributed by atoms with Crippen molar-refractivity contribution in [3.8, 4) is 0 Å². The summed E-state index contributed by atoms with van der Waals surface area (Å²) in [5.41, 5.74) is 0.809. The molecule has 70 valence electrons. The van der Waals surface area contributed by atoms with Crippen LogP contribution in [0.3, 0.4) is 0 Å². The number of hydrogen-bond acceptors (Lipinski definition) is 1. The van der Waals surface area contributed by atoms with E-state index in [2.05, 4.69) is 25.7 Å². The van der Waals surface area contributed by atoms with Gasteiger partial charge in [0.25, 0.3) is 0 Å². The van der Waals surface area contributed by atoms with Crippen molar-refractivity contribution in [1.82, 2.24) is 4.90 Å². The van der Waals surface area contributed by atoms with Crippen LogP contribution in [0.4, 0.5) is 0 Å². The SMILES string of the molecule is CC(C)[C@H](C)N1CCC2(CC2)C1. The molecule has 0 aromatic carbocycles. The Morgan fingerprint density at radius 3 is 2.17 bits per heavy atom. The lowest BCUT2D eigenvalue weighted by Gasteiger charge is -2.27. The van der Waals surface area contributed by atoms with Gasteiger partial charge in [0.1, 0.15) is 0 Å². The van der Waals surface area contributed by atoms with Crippen molar-refractivity contribution in [2.75, 3.05) is 13.1 Å². The highest BCUT2D eigenvalue weighted by molar-refractivity contribution is 5.01. The second kappa shape index (κ2) is 2.73. The van der Waals surface area contributed by atoms with Crippen LogP contribution in [0.15, 0.2) is 0 Å². The highest BCUT2D eigenvalue weighted by Gasteiger charge is 2.48. The van der Waals surface area contributed by atoms with E-state index in [1.54, 1.807) is 0 Å². The van der Waals surface area contributed by atoms with Gasteiger partial charge in [0, 0.05) is 12.6 Å². The normalized spacial score (nSPS) is 30.0. The van der Waals surface area contributed by atoms with Crippen molar-refractivity contribution >= 4 is 0 Å². The smallest absolute Gasteiger partial charge is 0.00901 e. The quantitative estimate of drug-likeness (QED) is 0.611. The van der Waals surface area contributed by atoms with Crippen molar-refractivity contribution in [2.45, 2.75) is 46.1 Å². The van der Waals surface area contributed by atoms with E-state index < -0.39 is 0 Å². The maximum atomic E-state index is 2.69. The topological polar surface area (TPSA) is 3.24 Å². The average molecular weight is 167 g/mol. The van der Waals surface area contributed by atoms with E-state index in [1.807, 2.05) is 0 Å². The first-order chi connectivity index (χ1) is 5.63. The number of likely N-dealkylation sites (tertiary alicyclic amines) is 1. The third kappa shape index (κ3) is 1.39. The van der Waals surface area contributed by atoms with E-state index >= 15 is 0 Å². The standard InChI is InChI=1S/C11H21N/c1-9(2)10(3)12-7-6-11(8-12)4-5-11/h9-10H,4-8H2,1-3H3/t10-/m0/s1. The Morgan fingerprint density at radius 1 is 1.08 bits per heavy atom. The molecule has 1 atom stereocenters. The van der Waals surface area contributed by atoms with Gasteiger partial charge in [-0.3, -0.25) is 4.90 Å². The summed E-state index contributed by atoms with van der Waals surface area (Å²) in [5, 5.41) is 0. The van der Waals surface area contributed by atoms with Gasteiger partial charge in [-0.1, -0.05) is 13.8 Å².